The van der Waals surface area contributed by atoms with Crippen molar-refractivity contribution in [1.82, 2.24) is 9.80 Å². The minimum atomic E-state index is -0.234. The molecule has 1 amide bonds. The van der Waals surface area contributed by atoms with Crippen LogP contribution in [-0.4, -0.2) is 53.3 Å². The molecule has 2 atom stereocenters. The Balaban J connectivity index is 1.53. The molecule has 1 aliphatic rings. The molecule has 5 nitrogen and oxygen atoms in total. The molecule has 0 spiro atoms. The van der Waals surface area contributed by atoms with E-state index in [1.54, 1.807) is 36.4 Å². The number of nitrogens with zero attached hydrogens (tertiary/aromatic N) is 2. The summed E-state index contributed by atoms with van der Waals surface area (Å²) in [6, 6.07) is 13.7. The zero-order chi connectivity index (χ0) is 21.7. The van der Waals surface area contributed by atoms with Gasteiger partial charge in [0.15, 0.2) is 12.4 Å². The van der Waals surface area contributed by atoms with Gasteiger partial charge in [-0.3, -0.25) is 14.5 Å². The third kappa shape index (κ3) is 5.45. The van der Waals surface area contributed by atoms with Gasteiger partial charge >= 0.3 is 0 Å². The molecule has 0 N–H and O–H groups in total. The second-order valence-electron chi connectivity index (χ2n) is 7.89. The molecule has 1 fully saturated rings. The molecule has 0 aromatic heterocycles. The first kappa shape index (κ1) is 22.0. The van der Waals surface area contributed by atoms with Crippen LogP contribution in [0.15, 0.2) is 48.5 Å². The van der Waals surface area contributed by atoms with Gasteiger partial charge in [0.2, 0.25) is 0 Å². The Morgan fingerprint density at radius 2 is 1.67 bits per heavy atom. The van der Waals surface area contributed by atoms with Gasteiger partial charge in [0.1, 0.15) is 11.6 Å². The Morgan fingerprint density at radius 1 is 1.00 bits per heavy atom. The lowest BCUT2D eigenvalue weighted by Crippen LogP contribution is -2.58. The van der Waals surface area contributed by atoms with Crippen molar-refractivity contribution < 1.29 is 18.7 Å². The van der Waals surface area contributed by atoms with E-state index in [1.807, 2.05) is 18.7 Å². The Bertz CT molecular complexity index is 867. The Labute approximate surface area is 177 Å². The molecule has 0 bridgehead atoms. The first-order valence-electron chi connectivity index (χ1n) is 10.4. The lowest BCUT2D eigenvalue weighted by molar-refractivity contribution is -0.139. The fraction of sp³-hybridized carbons (Fsp3) is 0.417. The molecule has 1 aliphatic heterocycles. The zero-order valence-electron chi connectivity index (χ0n) is 17.8. The number of hydrogen-bond donors (Lipinski definition) is 0. The van der Waals surface area contributed by atoms with Crippen molar-refractivity contribution in [2.24, 2.45) is 0 Å². The number of rotatable bonds is 7. The van der Waals surface area contributed by atoms with Crippen LogP contribution in [0.25, 0.3) is 0 Å². The number of Topliss-reactive ketones (excluding diaryl/α,β-unsaturated/α-hetero) is 1. The van der Waals surface area contributed by atoms with Gasteiger partial charge in [0.25, 0.3) is 5.91 Å². The standard InChI is InChI=1S/C24H29FN2O3/c1-4-23(28)20-7-11-22(12-8-20)30-16-24(29)27-14-17(2)26(13-18(27)3)15-19-5-9-21(25)10-6-19/h5-12,17-18H,4,13-16H2,1-3H3. The number of piperazine rings is 1. The maximum Gasteiger partial charge on any atom is 0.260 e. The third-order valence-electron chi connectivity index (χ3n) is 5.59. The quantitative estimate of drug-likeness (QED) is 0.647. The summed E-state index contributed by atoms with van der Waals surface area (Å²) < 4.78 is 18.8. The lowest BCUT2D eigenvalue weighted by atomic mass is 10.1. The van der Waals surface area contributed by atoms with Gasteiger partial charge in [0, 0.05) is 43.7 Å². The Hall–Kier alpha value is -2.73. The highest BCUT2D eigenvalue weighted by atomic mass is 19.1. The van der Waals surface area contributed by atoms with Gasteiger partial charge in [-0.25, -0.2) is 4.39 Å². The maximum atomic E-state index is 13.1. The van der Waals surface area contributed by atoms with Crippen molar-refractivity contribution in [3.05, 3.63) is 65.5 Å². The summed E-state index contributed by atoms with van der Waals surface area (Å²) in [4.78, 5) is 28.6. The summed E-state index contributed by atoms with van der Waals surface area (Å²) in [6.07, 6.45) is 0.460. The van der Waals surface area contributed by atoms with Gasteiger partial charge in [-0.2, -0.15) is 0 Å². The first-order chi connectivity index (χ1) is 14.4. The van der Waals surface area contributed by atoms with Crippen LogP contribution in [0.4, 0.5) is 4.39 Å². The second-order valence-corrected chi connectivity index (χ2v) is 7.89. The monoisotopic (exact) mass is 412 g/mol. The number of halogens is 1. The minimum Gasteiger partial charge on any atom is -0.484 e. The SMILES string of the molecule is CCC(=O)c1ccc(OCC(=O)N2CC(C)N(Cc3ccc(F)cc3)CC2C)cc1. The Morgan fingerprint density at radius 3 is 2.30 bits per heavy atom. The van der Waals surface area contributed by atoms with E-state index in [9.17, 15) is 14.0 Å². The van der Waals surface area contributed by atoms with Gasteiger partial charge in [-0.05, 0) is 55.8 Å². The minimum absolute atomic E-state index is 0.0317. The number of carbonyl (C=O) groups is 2. The number of benzene rings is 2. The van der Waals surface area contributed by atoms with Gasteiger partial charge < -0.3 is 9.64 Å². The molecular weight excluding hydrogens is 383 g/mol. The van der Waals surface area contributed by atoms with Crippen molar-refractivity contribution in [3.8, 4) is 5.75 Å². The van der Waals surface area contributed by atoms with Crippen LogP contribution in [-0.2, 0) is 11.3 Å². The first-order valence-corrected chi connectivity index (χ1v) is 10.4. The van der Waals surface area contributed by atoms with Crippen molar-refractivity contribution in [2.45, 2.75) is 45.8 Å². The van der Waals surface area contributed by atoms with Crippen LogP contribution in [0.2, 0.25) is 0 Å². The fourth-order valence-electron chi connectivity index (χ4n) is 3.76. The molecule has 1 heterocycles. The second kappa shape index (κ2) is 9.85. The van der Waals surface area contributed by atoms with E-state index < -0.39 is 0 Å². The van der Waals surface area contributed by atoms with Crippen LogP contribution >= 0.6 is 0 Å². The normalized spacial score (nSPS) is 19.5. The molecule has 160 valence electrons. The van der Waals surface area contributed by atoms with E-state index >= 15 is 0 Å². The highest BCUT2D eigenvalue weighted by molar-refractivity contribution is 5.95. The Kier molecular flexibility index (Phi) is 7.21. The molecule has 0 radical (unpaired) electrons. The van der Waals surface area contributed by atoms with Gasteiger partial charge in [-0.1, -0.05) is 19.1 Å². The molecule has 0 aliphatic carbocycles. The smallest absolute Gasteiger partial charge is 0.260 e. The summed E-state index contributed by atoms with van der Waals surface area (Å²) in [5.41, 5.74) is 1.71. The van der Waals surface area contributed by atoms with Crippen molar-refractivity contribution in [3.63, 3.8) is 0 Å². The molecule has 2 aromatic rings. The van der Waals surface area contributed by atoms with Gasteiger partial charge in [0.05, 0.1) is 0 Å². The molecule has 0 saturated carbocycles. The summed E-state index contributed by atoms with van der Waals surface area (Å²) >= 11 is 0. The van der Waals surface area contributed by atoms with Crippen LogP contribution < -0.4 is 4.74 Å². The molecule has 3 rings (SSSR count). The fourth-order valence-corrected chi connectivity index (χ4v) is 3.76. The molecule has 1 saturated heterocycles. The van der Waals surface area contributed by atoms with Crippen LogP contribution in [0.3, 0.4) is 0 Å². The predicted octanol–water partition coefficient (Wildman–Crippen LogP) is 3.92. The summed E-state index contributed by atoms with van der Waals surface area (Å²) in [5, 5.41) is 0. The largest absolute Gasteiger partial charge is 0.484 e. The molecule has 30 heavy (non-hydrogen) atoms. The number of hydrogen-bond acceptors (Lipinski definition) is 4. The zero-order valence-corrected chi connectivity index (χ0v) is 17.8. The maximum absolute atomic E-state index is 13.1. The summed E-state index contributed by atoms with van der Waals surface area (Å²) in [5.74, 6) is 0.372. The third-order valence-corrected chi connectivity index (χ3v) is 5.59. The molecule has 2 aromatic carbocycles. The van der Waals surface area contributed by atoms with E-state index in [0.717, 1.165) is 18.7 Å². The molecular formula is C24H29FN2O3. The number of ketones is 1. The predicted molar refractivity (Wildman–Crippen MR) is 114 cm³/mol. The van der Waals surface area contributed by atoms with Gasteiger partial charge in [-0.15, -0.1) is 0 Å². The number of amides is 1. The van der Waals surface area contributed by atoms with Crippen LogP contribution in [0.5, 0.6) is 5.75 Å². The number of ether oxygens (including phenoxy) is 1. The lowest BCUT2D eigenvalue weighted by Gasteiger charge is -2.44. The van der Waals surface area contributed by atoms with Crippen LogP contribution in [0, 0.1) is 5.82 Å². The van der Waals surface area contributed by atoms with Crippen molar-refractivity contribution in [2.75, 3.05) is 19.7 Å². The average Bonchev–Trinajstić information content (AvgIpc) is 2.75. The van der Waals surface area contributed by atoms with E-state index in [0.29, 0.717) is 24.3 Å². The number of carbonyl (C=O) groups excluding carboxylic acids is 2. The van der Waals surface area contributed by atoms with Crippen molar-refractivity contribution >= 4 is 11.7 Å². The average molecular weight is 413 g/mol. The topological polar surface area (TPSA) is 49.9 Å². The summed E-state index contributed by atoms with van der Waals surface area (Å²) in [6.45, 7) is 8.02. The highest BCUT2D eigenvalue weighted by Crippen LogP contribution is 2.19. The highest BCUT2D eigenvalue weighted by Gasteiger charge is 2.32. The van der Waals surface area contributed by atoms with E-state index in [-0.39, 0.29) is 36.2 Å². The molecule has 6 heteroatoms. The van der Waals surface area contributed by atoms with Crippen molar-refractivity contribution in [1.29, 1.82) is 0 Å². The van der Waals surface area contributed by atoms with E-state index in [4.69, 9.17) is 4.74 Å². The van der Waals surface area contributed by atoms with E-state index in [1.165, 1.54) is 12.1 Å². The summed E-state index contributed by atoms with van der Waals surface area (Å²) in [7, 11) is 0. The molecule has 2 unspecified atom stereocenters. The van der Waals surface area contributed by atoms with E-state index in [2.05, 4.69) is 11.8 Å². The van der Waals surface area contributed by atoms with Crippen LogP contribution in [0.1, 0.15) is 43.1 Å².